The minimum absolute atomic E-state index is 0.00128. The lowest BCUT2D eigenvalue weighted by Crippen LogP contribution is -2.49. The average molecular weight is 303 g/mol. The van der Waals surface area contributed by atoms with Gasteiger partial charge in [0.2, 0.25) is 0 Å². The van der Waals surface area contributed by atoms with E-state index in [9.17, 15) is 9.59 Å². The van der Waals surface area contributed by atoms with Gasteiger partial charge >= 0.3 is 5.97 Å². The molecule has 22 heavy (non-hydrogen) atoms. The van der Waals surface area contributed by atoms with Crippen LogP contribution in [0.15, 0.2) is 36.4 Å². The molecule has 2 atom stereocenters. The van der Waals surface area contributed by atoms with Crippen molar-refractivity contribution in [2.45, 2.75) is 26.1 Å². The van der Waals surface area contributed by atoms with Crippen molar-refractivity contribution in [3.05, 3.63) is 42.0 Å². The van der Waals surface area contributed by atoms with Gasteiger partial charge in [0.25, 0.3) is 5.91 Å². The van der Waals surface area contributed by atoms with Crippen molar-refractivity contribution in [1.82, 2.24) is 4.90 Å². The molecule has 1 aromatic carbocycles. The van der Waals surface area contributed by atoms with E-state index in [1.54, 1.807) is 11.0 Å². The van der Waals surface area contributed by atoms with E-state index in [1.165, 1.54) is 6.08 Å². The van der Waals surface area contributed by atoms with Crippen LogP contribution in [0.25, 0.3) is 6.08 Å². The van der Waals surface area contributed by atoms with Crippen molar-refractivity contribution in [2.24, 2.45) is 0 Å². The zero-order valence-electron chi connectivity index (χ0n) is 12.9. The first kappa shape index (κ1) is 16.2. The standard InChI is InChI=1S/C17H21NO4/c1-13-10-18(11-14(2)22-13)16(19)12-21-17(20)9-8-15-6-4-3-5-7-15/h3-9,13-14H,10-12H2,1-2H3/b9-8+. The van der Waals surface area contributed by atoms with E-state index in [1.807, 2.05) is 44.2 Å². The van der Waals surface area contributed by atoms with Crippen LogP contribution in [0.1, 0.15) is 19.4 Å². The summed E-state index contributed by atoms with van der Waals surface area (Å²) in [6.45, 7) is 4.66. The third-order valence-corrected chi connectivity index (χ3v) is 3.32. The SMILES string of the molecule is CC1CN(C(=O)COC(=O)/C=C/c2ccccc2)CC(C)O1. The van der Waals surface area contributed by atoms with Gasteiger partial charge in [-0.3, -0.25) is 4.79 Å². The normalized spacial score (nSPS) is 21.8. The van der Waals surface area contributed by atoms with E-state index >= 15 is 0 Å². The van der Waals surface area contributed by atoms with Crippen LogP contribution >= 0.6 is 0 Å². The van der Waals surface area contributed by atoms with Crippen molar-refractivity contribution in [3.63, 3.8) is 0 Å². The fourth-order valence-corrected chi connectivity index (χ4v) is 2.38. The van der Waals surface area contributed by atoms with E-state index in [2.05, 4.69) is 0 Å². The monoisotopic (exact) mass is 303 g/mol. The van der Waals surface area contributed by atoms with Gasteiger partial charge in [0, 0.05) is 19.2 Å². The smallest absolute Gasteiger partial charge is 0.331 e. The second kappa shape index (κ2) is 7.75. The lowest BCUT2D eigenvalue weighted by atomic mass is 10.2. The van der Waals surface area contributed by atoms with Gasteiger partial charge in [-0.15, -0.1) is 0 Å². The highest BCUT2D eigenvalue weighted by Crippen LogP contribution is 2.10. The van der Waals surface area contributed by atoms with Crippen molar-refractivity contribution < 1.29 is 19.1 Å². The van der Waals surface area contributed by atoms with Crippen LogP contribution in [0, 0.1) is 0 Å². The zero-order chi connectivity index (χ0) is 15.9. The molecule has 0 radical (unpaired) electrons. The molecule has 2 rings (SSSR count). The summed E-state index contributed by atoms with van der Waals surface area (Å²) >= 11 is 0. The topological polar surface area (TPSA) is 55.8 Å². The first-order valence-corrected chi connectivity index (χ1v) is 7.37. The largest absolute Gasteiger partial charge is 0.452 e. The Morgan fingerprint density at radius 2 is 1.86 bits per heavy atom. The first-order valence-electron chi connectivity index (χ1n) is 7.37. The Kier molecular flexibility index (Phi) is 5.72. The first-order chi connectivity index (χ1) is 10.5. The van der Waals surface area contributed by atoms with Gasteiger partial charge in [0.1, 0.15) is 0 Å². The second-order valence-electron chi connectivity index (χ2n) is 5.41. The number of benzene rings is 1. The lowest BCUT2D eigenvalue weighted by Gasteiger charge is -2.35. The third-order valence-electron chi connectivity index (χ3n) is 3.32. The van der Waals surface area contributed by atoms with Crippen LogP contribution in [-0.2, 0) is 19.1 Å². The highest BCUT2D eigenvalue weighted by atomic mass is 16.5. The molecule has 1 aromatic rings. The van der Waals surface area contributed by atoms with Gasteiger partial charge in [-0.2, -0.15) is 0 Å². The number of nitrogens with zero attached hydrogens (tertiary/aromatic N) is 1. The van der Waals surface area contributed by atoms with Crippen LogP contribution in [0.3, 0.4) is 0 Å². The molecule has 1 heterocycles. The van der Waals surface area contributed by atoms with E-state index in [0.717, 1.165) is 5.56 Å². The predicted octanol–water partition coefficient (Wildman–Crippen LogP) is 1.88. The maximum absolute atomic E-state index is 12.0. The van der Waals surface area contributed by atoms with Crippen molar-refractivity contribution in [3.8, 4) is 0 Å². The molecular weight excluding hydrogens is 282 g/mol. The van der Waals surface area contributed by atoms with E-state index in [4.69, 9.17) is 9.47 Å². The summed E-state index contributed by atoms with van der Waals surface area (Å²) in [6.07, 6.45) is 2.99. The summed E-state index contributed by atoms with van der Waals surface area (Å²) in [7, 11) is 0. The summed E-state index contributed by atoms with van der Waals surface area (Å²) in [4.78, 5) is 25.3. The number of ether oxygens (including phenoxy) is 2. The summed E-state index contributed by atoms with van der Waals surface area (Å²) in [5.41, 5.74) is 0.904. The molecule has 5 heteroatoms. The molecule has 118 valence electrons. The number of hydrogen-bond acceptors (Lipinski definition) is 4. The Hall–Kier alpha value is -2.14. The molecule has 5 nitrogen and oxygen atoms in total. The molecule has 0 aliphatic carbocycles. The molecule has 0 N–H and O–H groups in total. The highest BCUT2D eigenvalue weighted by Gasteiger charge is 2.26. The molecule has 1 saturated heterocycles. The van der Waals surface area contributed by atoms with Crippen molar-refractivity contribution in [1.29, 1.82) is 0 Å². The summed E-state index contributed by atoms with van der Waals surface area (Å²) in [5.74, 6) is -0.713. The number of carbonyl (C=O) groups is 2. The Balaban J connectivity index is 1.78. The van der Waals surface area contributed by atoms with Crippen LogP contribution in [0.4, 0.5) is 0 Å². The Morgan fingerprint density at radius 1 is 1.23 bits per heavy atom. The molecular formula is C17H21NO4. The maximum atomic E-state index is 12.0. The van der Waals surface area contributed by atoms with Gasteiger partial charge in [-0.25, -0.2) is 4.79 Å². The fraction of sp³-hybridized carbons (Fsp3) is 0.412. The quantitative estimate of drug-likeness (QED) is 0.629. The van der Waals surface area contributed by atoms with Crippen molar-refractivity contribution in [2.75, 3.05) is 19.7 Å². The number of hydrogen-bond donors (Lipinski definition) is 0. The lowest BCUT2D eigenvalue weighted by molar-refractivity contribution is -0.154. The number of esters is 1. The van der Waals surface area contributed by atoms with Gasteiger partial charge in [-0.05, 0) is 25.5 Å². The number of amides is 1. The summed E-state index contributed by atoms with van der Waals surface area (Å²) in [5, 5.41) is 0. The average Bonchev–Trinajstić information content (AvgIpc) is 2.50. The molecule has 2 unspecified atom stereocenters. The van der Waals surface area contributed by atoms with E-state index in [-0.39, 0.29) is 24.7 Å². The maximum Gasteiger partial charge on any atom is 0.331 e. The number of carbonyl (C=O) groups excluding carboxylic acids is 2. The van der Waals surface area contributed by atoms with E-state index in [0.29, 0.717) is 13.1 Å². The van der Waals surface area contributed by atoms with Crippen LogP contribution in [0.5, 0.6) is 0 Å². The molecule has 1 aliphatic heterocycles. The minimum Gasteiger partial charge on any atom is -0.452 e. The predicted molar refractivity (Wildman–Crippen MR) is 83.0 cm³/mol. The number of rotatable bonds is 4. The van der Waals surface area contributed by atoms with Crippen LogP contribution < -0.4 is 0 Å². The van der Waals surface area contributed by atoms with Crippen LogP contribution in [-0.4, -0.2) is 48.7 Å². The second-order valence-corrected chi connectivity index (χ2v) is 5.41. The minimum atomic E-state index is -0.522. The zero-order valence-corrected chi connectivity index (χ0v) is 12.9. The molecule has 0 bridgehead atoms. The Morgan fingerprint density at radius 3 is 2.50 bits per heavy atom. The fourth-order valence-electron chi connectivity index (χ4n) is 2.38. The van der Waals surface area contributed by atoms with Gasteiger partial charge in [0.05, 0.1) is 12.2 Å². The molecule has 0 saturated carbocycles. The van der Waals surface area contributed by atoms with E-state index < -0.39 is 5.97 Å². The summed E-state index contributed by atoms with van der Waals surface area (Å²) in [6, 6.07) is 9.43. The van der Waals surface area contributed by atoms with Crippen molar-refractivity contribution >= 4 is 18.0 Å². The Labute approximate surface area is 130 Å². The molecule has 1 amide bonds. The molecule has 0 spiro atoms. The summed E-state index contributed by atoms with van der Waals surface area (Å²) < 4.78 is 10.6. The molecule has 1 fully saturated rings. The highest BCUT2D eigenvalue weighted by molar-refractivity contribution is 5.89. The number of morpholine rings is 1. The van der Waals surface area contributed by atoms with Gasteiger partial charge < -0.3 is 14.4 Å². The Bertz CT molecular complexity index is 531. The van der Waals surface area contributed by atoms with Gasteiger partial charge in [0.15, 0.2) is 6.61 Å². The van der Waals surface area contributed by atoms with Crippen LogP contribution in [0.2, 0.25) is 0 Å². The molecule has 1 aliphatic rings. The third kappa shape index (κ3) is 5.00. The van der Waals surface area contributed by atoms with Gasteiger partial charge in [-0.1, -0.05) is 30.3 Å². The molecule has 0 aromatic heterocycles.